The fraction of sp³-hybridized carbons (Fsp3) is 0.235. The minimum absolute atomic E-state index is 0.243. The van der Waals surface area contributed by atoms with E-state index in [9.17, 15) is 13.2 Å². The number of alkyl halides is 3. The molecule has 0 aliphatic carbocycles. The van der Waals surface area contributed by atoms with Crippen molar-refractivity contribution in [2.24, 2.45) is 0 Å². The molecule has 8 heteroatoms. The van der Waals surface area contributed by atoms with Crippen LogP contribution in [0.1, 0.15) is 22.4 Å². The molecule has 2 aromatic heterocycles. The van der Waals surface area contributed by atoms with Gasteiger partial charge < -0.3 is 9.72 Å². The van der Waals surface area contributed by atoms with Gasteiger partial charge in [-0.15, -0.1) is 0 Å². The van der Waals surface area contributed by atoms with Gasteiger partial charge in [-0.3, -0.25) is 0 Å². The Bertz CT molecular complexity index is 951. The molecule has 0 atom stereocenters. The third-order valence-corrected chi connectivity index (χ3v) is 4.64. The lowest BCUT2D eigenvalue weighted by atomic mass is 10.1. The van der Waals surface area contributed by atoms with Crippen LogP contribution in [-0.4, -0.2) is 17.1 Å². The number of aryl methyl sites for hydroxylation is 1. The lowest BCUT2D eigenvalue weighted by molar-refractivity contribution is -0.137. The molecule has 132 valence electrons. The first-order valence-corrected chi connectivity index (χ1v) is 8.02. The quantitative estimate of drug-likeness (QED) is 0.615. The van der Waals surface area contributed by atoms with Crippen LogP contribution in [0.2, 0.25) is 10.0 Å². The van der Waals surface area contributed by atoms with Gasteiger partial charge >= 0.3 is 6.18 Å². The smallest absolute Gasteiger partial charge is 0.416 e. The SMILES string of the molecule is COc1ncc(Cl)c(Cc2cc3c(C)cc(C(F)(F)F)cc3[nH]2)c1Cl. The maximum atomic E-state index is 13.0. The van der Waals surface area contributed by atoms with Crippen molar-refractivity contribution in [3.05, 3.63) is 56.8 Å². The van der Waals surface area contributed by atoms with Crippen LogP contribution in [0.4, 0.5) is 13.2 Å². The van der Waals surface area contributed by atoms with Gasteiger partial charge in [0.1, 0.15) is 5.02 Å². The molecule has 25 heavy (non-hydrogen) atoms. The number of aromatic amines is 1. The number of methoxy groups -OCH3 is 1. The Morgan fingerprint density at radius 3 is 2.56 bits per heavy atom. The molecule has 0 saturated heterocycles. The molecule has 0 radical (unpaired) electrons. The van der Waals surface area contributed by atoms with Gasteiger partial charge in [-0.05, 0) is 30.7 Å². The third-order valence-electron chi connectivity index (χ3n) is 3.92. The van der Waals surface area contributed by atoms with Crippen LogP contribution in [0.5, 0.6) is 5.88 Å². The Hall–Kier alpha value is -1.92. The molecule has 3 rings (SSSR count). The normalized spacial score (nSPS) is 12.0. The van der Waals surface area contributed by atoms with Crippen LogP contribution in [-0.2, 0) is 12.6 Å². The van der Waals surface area contributed by atoms with Crippen molar-refractivity contribution in [1.82, 2.24) is 9.97 Å². The van der Waals surface area contributed by atoms with Crippen molar-refractivity contribution < 1.29 is 17.9 Å². The second kappa shape index (κ2) is 6.42. The van der Waals surface area contributed by atoms with Crippen LogP contribution in [0, 0.1) is 6.92 Å². The van der Waals surface area contributed by atoms with Gasteiger partial charge in [0, 0.05) is 34.8 Å². The molecule has 0 aliphatic heterocycles. The Balaban J connectivity index is 2.05. The Morgan fingerprint density at radius 1 is 1.20 bits per heavy atom. The van der Waals surface area contributed by atoms with Crippen molar-refractivity contribution in [3.63, 3.8) is 0 Å². The maximum absolute atomic E-state index is 13.0. The Morgan fingerprint density at radius 2 is 1.92 bits per heavy atom. The first-order chi connectivity index (χ1) is 11.7. The summed E-state index contributed by atoms with van der Waals surface area (Å²) < 4.78 is 44.0. The number of nitrogens with zero attached hydrogens (tertiary/aromatic N) is 1. The standard InChI is InChI=1S/C17H13Cl2F3N2O/c1-8-3-9(17(20,21)22)4-14-11(8)5-10(24-14)6-12-13(18)7-23-16(25-2)15(12)19/h3-5,7,24H,6H2,1-2H3. The molecule has 2 heterocycles. The number of fused-ring (bicyclic) bond motifs is 1. The van der Waals surface area contributed by atoms with Crippen LogP contribution in [0.15, 0.2) is 24.4 Å². The largest absolute Gasteiger partial charge is 0.480 e. The summed E-state index contributed by atoms with van der Waals surface area (Å²) in [6, 6.07) is 4.03. The summed E-state index contributed by atoms with van der Waals surface area (Å²) in [4.78, 5) is 6.98. The molecular formula is C17H13Cl2F3N2O. The fourth-order valence-electron chi connectivity index (χ4n) is 2.71. The molecule has 0 spiro atoms. The highest BCUT2D eigenvalue weighted by Crippen LogP contribution is 2.35. The number of aromatic nitrogens is 2. The number of benzene rings is 1. The van der Waals surface area contributed by atoms with Crippen LogP contribution >= 0.6 is 23.2 Å². The Kier molecular flexibility index (Phi) is 4.60. The topological polar surface area (TPSA) is 37.9 Å². The van der Waals surface area contributed by atoms with E-state index in [-0.39, 0.29) is 10.9 Å². The molecule has 1 aromatic carbocycles. The highest BCUT2D eigenvalue weighted by Gasteiger charge is 2.31. The van der Waals surface area contributed by atoms with Gasteiger partial charge in [-0.25, -0.2) is 4.98 Å². The number of halogens is 5. The zero-order valence-electron chi connectivity index (χ0n) is 13.3. The second-order valence-corrected chi connectivity index (χ2v) is 6.42. The molecule has 0 unspecified atom stereocenters. The highest BCUT2D eigenvalue weighted by atomic mass is 35.5. The molecule has 0 amide bonds. The van der Waals surface area contributed by atoms with E-state index < -0.39 is 11.7 Å². The summed E-state index contributed by atoms with van der Waals surface area (Å²) in [5, 5.41) is 1.36. The van der Waals surface area contributed by atoms with E-state index in [1.807, 2.05) is 0 Å². The van der Waals surface area contributed by atoms with Crippen LogP contribution in [0.3, 0.4) is 0 Å². The van der Waals surface area contributed by atoms with E-state index in [1.54, 1.807) is 13.0 Å². The third kappa shape index (κ3) is 3.41. The first-order valence-electron chi connectivity index (χ1n) is 7.27. The molecule has 0 aliphatic rings. The minimum Gasteiger partial charge on any atom is -0.480 e. The number of H-pyrrole nitrogens is 1. The summed E-state index contributed by atoms with van der Waals surface area (Å²) in [5.41, 5.74) is 1.55. The minimum atomic E-state index is -4.39. The first kappa shape index (κ1) is 17.9. The zero-order valence-corrected chi connectivity index (χ0v) is 14.8. The highest BCUT2D eigenvalue weighted by molar-refractivity contribution is 6.36. The number of nitrogens with one attached hydrogen (secondary N) is 1. The second-order valence-electron chi connectivity index (χ2n) is 5.63. The van der Waals surface area contributed by atoms with E-state index >= 15 is 0 Å². The van der Waals surface area contributed by atoms with E-state index in [4.69, 9.17) is 27.9 Å². The number of hydrogen-bond acceptors (Lipinski definition) is 2. The van der Waals surface area contributed by atoms with Gasteiger partial charge in [0.05, 0.1) is 17.7 Å². The number of hydrogen-bond donors (Lipinski definition) is 1. The van der Waals surface area contributed by atoms with E-state index in [2.05, 4.69) is 9.97 Å². The van der Waals surface area contributed by atoms with Gasteiger partial charge in [-0.1, -0.05) is 23.2 Å². The summed E-state index contributed by atoms with van der Waals surface area (Å²) >= 11 is 12.4. The van der Waals surface area contributed by atoms with Crippen LogP contribution in [0.25, 0.3) is 10.9 Å². The number of ether oxygens (including phenoxy) is 1. The van der Waals surface area contributed by atoms with Gasteiger partial charge in [0.2, 0.25) is 5.88 Å². The number of rotatable bonds is 3. The van der Waals surface area contributed by atoms with E-state index in [0.717, 1.165) is 17.5 Å². The summed E-state index contributed by atoms with van der Waals surface area (Å²) in [5.74, 6) is 0.243. The summed E-state index contributed by atoms with van der Waals surface area (Å²) in [6.45, 7) is 1.64. The van der Waals surface area contributed by atoms with E-state index in [0.29, 0.717) is 33.8 Å². The molecule has 1 N–H and O–H groups in total. The summed E-state index contributed by atoms with van der Waals surface area (Å²) in [6.07, 6.45) is -2.65. The Labute approximate surface area is 151 Å². The maximum Gasteiger partial charge on any atom is 0.416 e. The molecule has 0 bridgehead atoms. The molecule has 0 fully saturated rings. The predicted molar refractivity (Wildman–Crippen MR) is 91.7 cm³/mol. The van der Waals surface area contributed by atoms with Crippen molar-refractivity contribution in [2.75, 3.05) is 7.11 Å². The molecule has 3 nitrogen and oxygen atoms in total. The van der Waals surface area contributed by atoms with Crippen LogP contribution < -0.4 is 4.74 Å². The average molecular weight is 389 g/mol. The monoisotopic (exact) mass is 388 g/mol. The van der Waals surface area contributed by atoms with Crippen molar-refractivity contribution in [2.45, 2.75) is 19.5 Å². The summed E-state index contributed by atoms with van der Waals surface area (Å²) in [7, 11) is 1.44. The van der Waals surface area contributed by atoms with Crippen molar-refractivity contribution in [1.29, 1.82) is 0 Å². The van der Waals surface area contributed by atoms with Crippen molar-refractivity contribution >= 4 is 34.1 Å². The zero-order chi connectivity index (χ0) is 18.4. The molecule has 0 saturated carbocycles. The molecular weight excluding hydrogens is 376 g/mol. The number of pyridine rings is 1. The van der Waals surface area contributed by atoms with E-state index in [1.165, 1.54) is 13.3 Å². The lowest BCUT2D eigenvalue weighted by Gasteiger charge is -2.09. The van der Waals surface area contributed by atoms with Gasteiger partial charge in [-0.2, -0.15) is 13.2 Å². The van der Waals surface area contributed by atoms with Gasteiger partial charge in [0.25, 0.3) is 0 Å². The predicted octanol–water partition coefficient (Wildman–Crippen LogP) is 5.80. The van der Waals surface area contributed by atoms with Gasteiger partial charge in [0.15, 0.2) is 0 Å². The average Bonchev–Trinajstić information content (AvgIpc) is 2.94. The lowest BCUT2D eigenvalue weighted by Crippen LogP contribution is -2.04. The fourth-order valence-corrected chi connectivity index (χ4v) is 3.27. The molecule has 3 aromatic rings. The van der Waals surface area contributed by atoms with Crippen molar-refractivity contribution in [3.8, 4) is 5.88 Å².